The van der Waals surface area contributed by atoms with Crippen LogP contribution in [0.5, 0.6) is 0 Å². The fourth-order valence-electron chi connectivity index (χ4n) is 5.57. The molecule has 3 heterocycles. The minimum absolute atomic E-state index is 0.152. The zero-order valence-corrected chi connectivity index (χ0v) is 20.1. The molecule has 3 aliphatic rings. The number of aliphatic hydroxyl groups is 1. The van der Waals surface area contributed by atoms with E-state index in [4.69, 9.17) is 13.8 Å². The average Bonchev–Trinajstić information content (AvgIpc) is 3.38. The number of rotatable bonds is 7. The van der Waals surface area contributed by atoms with Crippen molar-refractivity contribution in [3.05, 3.63) is 40.4 Å². The first kappa shape index (κ1) is 25.4. The molecule has 0 spiro atoms. The molecular weight excluding hydrogens is 457 g/mol. The summed E-state index contributed by atoms with van der Waals surface area (Å²) < 4.78 is 21.5. The molecule has 2 fully saturated rings. The predicted octanol–water partition coefficient (Wildman–Crippen LogP) is 2.17. The zero-order valence-electron chi connectivity index (χ0n) is 20.1. The van der Waals surface area contributed by atoms with Gasteiger partial charge >= 0.3 is 13.2 Å². The Morgan fingerprint density at radius 3 is 2.69 bits per heavy atom. The molecule has 4 rings (SSSR count). The number of ether oxygens (including phenoxy) is 2. The van der Waals surface area contributed by atoms with Crippen molar-refractivity contribution in [3.63, 3.8) is 0 Å². The third-order valence-corrected chi connectivity index (χ3v) is 7.01. The van der Waals surface area contributed by atoms with Crippen LogP contribution in [-0.2, 0) is 30.3 Å². The zero-order chi connectivity index (χ0) is 25.3. The van der Waals surface area contributed by atoms with E-state index in [1.165, 1.54) is 0 Å². The molecule has 35 heavy (non-hydrogen) atoms. The van der Waals surface area contributed by atoms with Gasteiger partial charge in [0.25, 0.3) is 0 Å². The summed E-state index contributed by atoms with van der Waals surface area (Å²) in [5.74, 6) is -1.95. The number of carbonyl (C=O) groups is 3. The number of nitrogens with zero attached hydrogens (tertiary/aromatic N) is 1. The molecule has 0 unspecified atom stereocenters. The summed E-state index contributed by atoms with van der Waals surface area (Å²) in [7, 11) is 1.58. The van der Waals surface area contributed by atoms with Crippen LogP contribution in [0, 0.1) is 17.8 Å². The van der Waals surface area contributed by atoms with E-state index in [9.17, 15) is 24.5 Å². The SMILES string of the molecule is COCC1=C2[C@@H](CC/C(C)=C/c3ccc(CO)o3)OB(O)C[C@@H]2[C@@H]2C(=O)N(C(=O)OC)C(=O)[C@@H]2C1. The number of methoxy groups -OCH3 is 2. The van der Waals surface area contributed by atoms with E-state index in [1.807, 2.05) is 13.0 Å². The maximum absolute atomic E-state index is 13.2. The molecular formula is C24H30BNO9. The van der Waals surface area contributed by atoms with Crippen LogP contribution in [0.15, 0.2) is 33.3 Å². The highest BCUT2D eigenvalue weighted by molar-refractivity contribution is 6.43. The van der Waals surface area contributed by atoms with E-state index in [0.29, 0.717) is 29.3 Å². The Kier molecular flexibility index (Phi) is 7.60. The molecule has 2 aliphatic heterocycles. The first-order chi connectivity index (χ1) is 16.8. The third kappa shape index (κ3) is 4.86. The second kappa shape index (κ2) is 10.5. The topological polar surface area (TPSA) is 136 Å². The van der Waals surface area contributed by atoms with Crippen LogP contribution >= 0.6 is 0 Å². The maximum Gasteiger partial charge on any atom is 0.455 e. The van der Waals surface area contributed by atoms with Crippen LogP contribution in [0.25, 0.3) is 6.08 Å². The van der Waals surface area contributed by atoms with Crippen molar-refractivity contribution in [2.24, 2.45) is 17.8 Å². The van der Waals surface area contributed by atoms with Crippen LogP contribution in [0.3, 0.4) is 0 Å². The van der Waals surface area contributed by atoms with Gasteiger partial charge in [-0.1, -0.05) is 5.57 Å². The van der Waals surface area contributed by atoms with Crippen LogP contribution in [0.4, 0.5) is 4.79 Å². The number of allylic oxidation sites excluding steroid dienone is 1. The summed E-state index contributed by atoms with van der Waals surface area (Å²) in [6.07, 6.45) is 2.01. The molecule has 188 valence electrons. The van der Waals surface area contributed by atoms with Crippen molar-refractivity contribution in [2.75, 3.05) is 20.8 Å². The molecule has 3 amide bonds. The summed E-state index contributed by atoms with van der Waals surface area (Å²) in [4.78, 5) is 38.9. The largest absolute Gasteiger partial charge is 0.459 e. The minimum atomic E-state index is -1.10. The average molecular weight is 487 g/mol. The summed E-state index contributed by atoms with van der Waals surface area (Å²) in [6, 6.07) is 3.49. The van der Waals surface area contributed by atoms with Gasteiger partial charge in [0.15, 0.2) is 0 Å². The number of aliphatic hydroxyl groups excluding tert-OH is 1. The standard InChI is InChI=1S/C24H30BNO9/c1-13(8-15-5-6-16(11-27)34-15)4-7-19-20-14(12-32-2)9-17-21(18(20)10-25(31)35-19)23(29)26(22(17)28)24(30)33-3/h5-6,8,17-19,21,27,31H,4,7,9-12H2,1-3H3/b13-8+/t17-,18+,19-,21-/m1/s1. The van der Waals surface area contributed by atoms with Crippen molar-refractivity contribution in [3.8, 4) is 0 Å². The van der Waals surface area contributed by atoms with Crippen molar-refractivity contribution < 1.29 is 43.1 Å². The van der Waals surface area contributed by atoms with Gasteiger partial charge in [-0.05, 0) is 67.8 Å². The molecule has 1 aromatic heterocycles. The van der Waals surface area contributed by atoms with Crippen molar-refractivity contribution in [1.82, 2.24) is 4.90 Å². The highest BCUT2D eigenvalue weighted by Crippen LogP contribution is 2.50. The first-order valence-corrected chi connectivity index (χ1v) is 11.7. The molecule has 0 bridgehead atoms. The highest BCUT2D eigenvalue weighted by Gasteiger charge is 2.59. The van der Waals surface area contributed by atoms with Crippen molar-refractivity contribution in [2.45, 2.75) is 45.2 Å². The summed E-state index contributed by atoms with van der Waals surface area (Å²) >= 11 is 0. The number of hydrogen-bond donors (Lipinski definition) is 2. The Hall–Kier alpha value is -2.73. The van der Waals surface area contributed by atoms with Crippen molar-refractivity contribution >= 4 is 31.1 Å². The second-order valence-electron chi connectivity index (χ2n) is 9.22. The number of furan rings is 1. The van der Waals surface area contributed by atoms with Gasteiger partial charge in [-0.15, -0.1) is 0 Å². The Morgan fingerprint density at radius 1 is 1.26 bits per heavy atom. The third-order valence-electron chi connectivity index (χ3n) is 7.01. The molecule has 4 atom stereocenters. The van der Waals surface area contributed by atoms with Gasteiger partial charge in [-0.2, -0.15) is 4.90 Å². The van der Waals surface area contributed by atoms with Crippen LogP contribution in [-0.4, -0.2) is 67.0 Å². The minimum Gasteiger partial charge on any atom is -0.459 e. The molecule has 0 saturated carbocycles. The van der Waals surface area contributed by atoms with Crippen molar-refractivity contribution in [1.29, 1.82) is 0 Å². The van der Waals surface area contributed by atoms with E-state index in [0.717, 1.165) is 23.8 Å². The Balaban J connectivity index is 1.60. The number of amides is 3. The first-order valence-electron chi connectivity index (χ1n) is 11.7. The molecule has 1 aliphatic carbocycles. The lowest BCUT2D eigenvalue weighted by atomic mass is 9.58. The maximum atomic E-state index is 13.2. The number of hydrogen-bond acceptors (Lipinski definition) is 9. The molecule has 0 aromatic carbocycles. The van der Waals surface area contributed by atoms with Gasteiger partial charge in [0.2, 0.25) is 11.8 Å². The number of fused-ring (bicyclic) bond motifs is 3. The molecule has 11 heteroatoms. The second-order valence-corrected chi connectivity index (χ2v) is 9.22. The summed E-state index contributed by atoms with van der Waals surface area (Å²) in [5, 5.41) is 19.7. The summed E-state index contributed by atoms with van der Waals surface area (Å²) in [6.45, 7) is 2.04. The number of imide groups is 3. The monoisotopic (exact) mass is 487 g/mol. The van der Waals surface area contributed by atoms with E-state index < -0.39 is 48.9 Å². The molecule has 0 radical (unpaired) electrons. The van der Waals surface area contributed by atoms with E-state index >= 15 is 0 Å². The van der Waals surface area contributed by atoms with Gasteiger partial charge in [0.05, 0.1) is 31.7 Å². The predicted molar refractivity (Wildman–Crippen MR) is 123 cm³/mol. The Labute approximate surface area is 203 Å². The van der Waals surface area contributed by atoms with Gasteiger partial charge in [0, 0.05) is 7.11 Å². The van der Waals surface area contributed by atoms with Crippen LogP contribution < -0.4 is 0 Å². The van der Waals surface area contributed by atoms with E-state index in [1.54, 1.807) is 19.2 Å². The van der Waals surface area contributed by atoms with E-state index in [-0.39, 0.29) is 26.0 Å². The van der Waals surface area contributed by atoms with Gasteiger partial charge in [0.1, 0.15) is 18.1 Å². The fourth-order valence-corrected chi connectivity index (χ4v) is 5.57. The fraction of sp³-hybridized carbons (Fsp3) is 0.542. The highest BCUT2D eigenvalue weighted by atomic mass is 16.5. The van der Waals surface area contributed by atoms with Gasteiger partial charge < -0.3 is 28.7 Å². The molecule has 10 nitrogen and oxygen atoms in total. The quantitative estimate of drug-likeness (QED) is 0.337. The molecule has 1 aromatic rings. The Bertz CT molecular complexity index is 1060. The molecule has 2 N–H and O–H groups in total. The Morgan fingerprint density at radius 2 is 2.03 bits per heavy atom. The van der Waals surface area contributed by atoms with Crippen LogP contribution in [0.1, 0.15) is 37.7 Å². The lowest BCUT2D eigenvalue weighted by Gasteiger charge is -2.43. The lowest BCUT2D eigenvalue weighted by Crippen LogP contribution is -2.46. The van der Waals surface area contributed by atoms with Gasteiger partial charge in [-0.3, -0.25) is 9.59 Å². The number of carbonyl (C=O) groups excluding carboxylic acids is 3. The lowest BCUT2D eigenvalue weighted by molar-refractivity contribution is -0.137. The smallest absolute Gasteiger partial charge is 0.455 e. The number of likely N-dealkylation sites (tertiary alicyclic amines) is 1. The van der Waals surface area contributed by atoms with Gasteiger partial charge in [-0.25, -0.2) is 4.79 Å². The van der Waals surface area contributed by atoms with Crippen LogP contribution in [0.2, 0.25) is 6.32 Å². The van der Waals surface area contributed by atoms with E-state index in [2.05, 4.69) is 4.74 Å². The molecule has 2 saturated heterocycles. The summed E-state index contributed by atoms with van der Waals surface area (Å²) in [5.41, 5.74) is 2.75. The normalized spacial score (nSPS) is 26.8.